The summed E-state index contributed by atoms with van der Waals surface area (Å²) >= 11 is 3.28. The molecule has 1 aromatic carbocycles. The van der Waals surface area contributed by atoms with Gasteiger partial charge in [0, 0.05) is 39.4 Å². The SMILES string of the molecule is CC(CCNc1cc(Br)ccc1[N+](=O)[O-])S(C)=O. The van der Waals surface area contributed by atoms with Crippen molar-refractivity contribution in [3.05, 3.63) is 32.8 Å². The maximum Gasteiger partial charge on any atom is 0.292 e. The Morgan fingerprint density at radius 3 is 2.78 bits per heavy atom. The smallest absolute Gasteiger partial charge is 0.292 e. The number of hydrogen-bond acceptors (Lipinski definition) is 4. The molecule has 0 radical (unpaired) electrons. The fourth-order valence-corrected chi connectivity index (χ4v) is 2.20. The summed E-state index contributed by atoms with van der Waals surface area (Å²) in [6.07, 6.45) is 2.36. The number of benzene rings is 1. The van der Waals surface area contributed by atoms with Crippen LogP contribution in [0.15, 0.2) is 22.7 Å². The molecule has 100 valence electrons. The van der Waals surface area contributed by atoms with E-state index in [2.05, 4.69) is 21.2 Å². The highest BCUT2D eigenvalue weighted by molar-refractivity contribution is 9.10. The highest BCUT2D eigenvalue weighted by atomic mass is 79.9. The predicted molar refractivity (Wildman–Crippen MR) is 77.4 cm³/mol. The first-order valence-corrected chi connectivity index (χ1v) is 7.83. The molecular weight excluding hydrogens is 320 g/mol. The normalized spacial score (nSPS) is 13.9. The minimum absolute atomic E-state index is 0.0449. The summed E-state index contributed by atoms with van der Waals surface area (Å²) in [5.41, 5.74) is 0.520. The van der Waals surface area contributed by atoms with Gasteiger partial charge in [-0.2, -0.15) is 0 Å². The lowest BCUT2D eigenvalue weighted by Crippen LogP contribution is -2.15. The summed E-state index contributed by atoms with van der Waals surface area (Å²) in [7, 11) is -0.870. The first kappa shape index (κ1) is 15.1. The first-order chi connectivity index (χ1) is 8.41. The maximum atomic E-state index is 11.2. The lowest BCUT2D eigenvalue weighted by Gasteiger charge is -2.10. The number of halogens is 1. The third kappa shape index (κ3) is 4.38. The van der Waals surface area contributed by atoms with E-state index >= 15 is 0 Å². The van der Waals surface area contributed by atoms with Crippen LogP contribution in [0.1, 0.15) is 13.3 Å². The standard InChI is InChI=1S/C11H15BrN2O3S/c1-8(18(2)17)5-6-13-10-7-9(12)3-4-11(10)14(15)16/h3-4,7-8,13H,5-6H2,1-2H3. The molecule has 2 unspecified atom stereocenters. The van der Waals surface area contributed by atoms with E-state index in [9.17, 15) is 14.3 Å². The number of nitrogens with zero attached hydrogens (tertiary/aromatic N) is 1. The van der Waals surface area contributed by atoms with Gasteiger partial charge in [0.05, 0.1) is 4.92 Å². The first-order valence-electron chi connectivity index (χ1n) is 5.42. The van der Waals surface area contributed by atoms with Crippen LogP contribution in [0, 0.1) is 10.1 Å². The zero-order valence-electron chi connectivity index (χ0n) is 10.2. The molecule has 0 aromatic heterocycles. The molecule has 0 bridgehead atoms. The number of anilines is 1. The summed E-state index contributed by atoms with van der Waals surface area (Å²) in [4.78, 5) is 10.4. The van der Waals surface area contributed by atoms with E-state index in [-0.39, 0.29) is 10.9 Å². The second-order valence-electron chi connectivity index (χ2n) is 3.94. The largest absolute Gasteiger partial charge is 0.379 e. The molecule has 18 heavy (non-hydrogen) atoms. The Labute approximate surface area is 117 Å². The molecule has 0 fully saturated rings. The van der Waals surface area contributed by atoms with E-state index in [1.165, 1.54) is 6.07 Å². The van der Waals surface area contributed by atoms with Crippen LogP contribution in [0.4, 0.5) is 11.4 Å². The van der Waals surface area contributed by atoms with Crippen molar-refractivity contribution in [1.29, 1.82) is 0 Å². The molecular formula is C11H15BrN2O3S. The van der Waals surface area contributed by atoms with E-state index in [1.807, 2.05) is 6.92 Å². The number of nitro benzene ring substituents is 1. The molecule has 5 nitrogen and oxygen atoms in total. The Balaban J connectivity index is 2.69. The van der Waals surface area contributed by atoms with Gasteiger partial charge in [0.2, 0.25) is 0 Å². The summed E-state index contributed by atoms with van der Waals surface area (Å²) in [6.45, 7) is 2.45. The quantitative estimate of drug-likeness (QED) is 0.641. The van der Waals surface area contributed by atoms with Crippen molar-refractivity contribution in [3.63, 3.8) is 0 Å². The lowest BCUT2D eigenvalue weighted by molar-refractivity contribution is -0.384. The van der Waals surface area contributed by atoms with Crippen LogP contribution in [0.2, 0.25) is 0 Å². The highest BCUT2D eigenvalue weighted by Gasteiger charge is 2.14. The number of rotatable bonds is 6. The average molecular weight is 335 g/mol. The Kier molecular flexibility index (Phi) is 5.74. The minimum Gasteiger partial charge on any atom is -0.379 e. The summed E-state index contributed by atoms with van der Waals surface area (Å²) in [5, 5.41) is 13.9. The molecule has 7 heteroatoms. The number of nitrogens with one attached hydrogen (secondary N) is 1. The van der Waals surface area contributed by atoms with Crippen LogP contribution in [-0.2, 0) is 10.8 Å². The van der Waals surface area contributed by atoms with Gasteiger partial charge in [-0.1, -0.05) is 22.9 Å². The third-order valence-corrected chi connectivity index (χ3v) is 4.45. The fourth-order valence-electron chi connectivity index (χ4n) is 1.39. The molecule has 0 heterocycles. The zero-order chi connectivity index (χ0) is 13.7. The zero-order valence-corrected chi connectivity index (χ0v) is 12.6. The van der Waals surface area contributed by atoms with Gasteiger partial charge in [-0.3, -0.25) is 14.3 Å². The molecule has 0 aliphatic rings. The van der Waals surface area contributed by atoms with Crippen LogP contribution in [-0.4, -0.2) is 27.2 Å². The van der Waals surface area contributed by atoms with E-state index in [4.69, 9.17) is 0 Å². The van der Waals surface area contributed by atoms with Crippen molar-refractivity contribution >= 4 is 38.1 Å². The van der Waals surface area contributed by atoms with Crippen molar-refractivity contribution in [2.45, 2.75) is 18.6 Å². The van der Waals surface area contributed by atoms with Gasteiger partial charge in [0.25, 0.3) is 5.69 Å². The monoisotopic (exact) mass is 334 g/mol. The van der Waals surface area contributed by atoms with Gasteiger partial charge in [0.15, 0.2) is 0 Å². The molecule has 0 aliphatic carbocycles. The van der Waals surface area contributed by atoms with Gasteiger partial charge in [-0.15, -0.1) is 0 Å². The lowest BCUT2D eigenvalue weighted by atomic mass is 10.2. The van der Waals surface area contributed by atoms with Gasteiger partial charge in [0.1, 0.15) is 5.69 Å². The van der Waals surface area contributed by atoms with E-state index in [1.54, 1.807) is 18.4 Å². The Hall–Kier alpha value is -0.950. The number of nitro groups is 1. The topological polar surface area (TPSA) is 72.2 Å². The van der Waals surface area contributed by atoms with Crippen LogP contribution in [0.5, 0.6) is 0 Å². The molecule has 1 aromatic rings. The highest BCUT2D eigenvalue weighted by Crippen LogP contribution is 2.27. The molecule has 1 N–H and O–H groups in total. The molecule has 0 amide bonds. The number of hydrogen-bond donors (Lipinski definition) is 1. The van der Waals surface area contributed by atoms with Gasteiger partial charge < -0.3 is 5.32 Å². The van der Waals surface area contributed by atoms with Crippen LogP contribution < -0.4 is 5.32 Å². The Morgan fingerprint density at radius 1 is 1.56 bits per heavy atom. The Morgan fingerprint density at radius 2 is 2.22 bits per heavy atom. The van der Waals surface area contributed by atoms with Crippen LogP contribution >= 0.6 is 15.9 Å². The third-order valence-electron chi connectivity index (χ3n) is 2.59. The average Bonchev–Trinajstić information content (AvgIpc) is 2.28. The van der Waals surface area contributed by atoms with E-state index in [0.717, 1.165) is 4.47 Å². The second kappa shape index (κ2) is 6.84. The van der Waals surface area contributed by atoms with Crippen LogP contribution in [0.3, 0.4) is 0 Å². The minimum atomic E-state index is -0.870. The molecule has 0 spiro atoms. The molecule has 0 saturated heterocycles. The van der Waals surface area contributed by atoms with Crippen molar-refractivity contribution < 1.29 is 9.13 Å². The molecule has 0 aliphatic heterocycles. The van der Waals surface area contributed by atoms with Gasteiger partial charge in [-0.05, 0) is 18.6 Å². The maximum absolute atomic E-state index is 11.2. The predicted octanol–water partition coefficient (Wildman–Crippen LogP) is 2.93. The Bertz CT molecular complexity index is 468. The second-order valence-corrected chi connectivity index (χ2v) is 6.66. The van der Waals surface area contributed by atoms with Gasteiger partial charge in [-0.25, -0.2) is 0 Å². The van der Waals surface area contributed by atoms with Crippen molar-refractivity contribution in [3.8, 4) is 0 Å². The molecule has 2 atom stereocenters. The van der Waals surface area contributed by atoms with Gasteiger partial charge >= 0.3 is 0 Å². The summed E-state index contributed by atoms with van der Waals surface area (Å²) in [5.74, 6) is 0. The van der Waals surface area contributed by atoms with Crippen molar-refractivity contribution in [2.24, 2.45) is 0 Å². The van der Waals surface area contributed by atoms with E-state index < -0.39 is 15.7 Å². The summed E-state index contributed by atoms with van der Waals surface area (Å²) in [6, 6.07) is 4.76. The van der Waals surface area contributed by atoms with Crippen molar-refractivity contribution in [1.82, 2.24) is 0 Å². The van der Waals surface area contributed by atoms with Crippen LogP contribution in [0.25, 0.3) is 0 Å². The molecule has 1 rings (SSSR count). The molecule has 0 saturated carbocycles. The fraction of sp³-hybridized carbons (Fsp3) is 0.455. The van der Waals surface area contributed by atoms with E-state index in [0.29, 0.717) is 18.7 Å². The van der Waals surface area contributed by atoms with Crippen molar-refractivity contribution in [2.75, 3.05) is 18.1 Å². The summed E-state index contributed by atoms with van der Waals surface area (Å²) < 4.78 is 12.0.